The van der Waals surface area contributed by atoms with E-state index in [-0.39, 0.29) is 0 Å². The van der Waals surface area contributed by atoms with Crippen LogP contribution in [0.4, 0.5) is 5.69 Å². The Balaban J connectivity index is 1.26. The normalized spacial score (nSPS) is 18.6. The van der Waals surface area contributed by atoms with Crippen LogP contribution in [0.1, 0.15) is 11.3 Å². The Kier molecular flexibility index (Phi) is 5.37. The van der Waals surface area contributed by atoms with Crippen LogP contribution >= 0.6 is 0 Å². The molecule has 26 heavy (non-hydrogen) atoms. The molecular weight excluding hydrogens is 324 g/mol. The smallest absolute Gasteiger partial charge is 0.142 e. The molecular formula is C21H28N4O. The Morgan fingerprint density at radius 3 is 2.58 bits per heavy atom. The molecule has 4 rings (SSSR count). The van der Waals surface area contributed by atoms with E-state index >= 15 is 0 Å². The number of anilines is 1. The monoisotopic (exact) mass is 352 g/mol. The van der Waals surface area contributed by atoms with Crippen molar-refractivity contribution in [2.75, 3.05) is 57.8 Å². The molecule has 5 heteroatoms. The van der Waals surface area contributed by atoms with E-state index in [1.165, 1.54) is 16.9 Å². The molecule has 0 saturated carbocycles. The Morgan fingerprint density at radius 2 is 1.73 bits per heavy atom. The first kappa shape index (κ1) is 17.3. The highest BCUT2D eigenvalue weighted by Crippen LogP contribution is 2.28. The van der Waals surface area contributed by atoms with Gasteiger partial charge in [0, 0.05) is 70.7 Å². The largest absolute Gasteiger partial charge is 0.495 e. The summed E-state index contributed by atoms with van der Waals surface area (Å²) in [6.07, 6.45) is 2.99. The number of hydrogen-bond acceptors (Lipinski definition) is 5. The Hall–Kier alpha value is -2.11. The number of ether oxygens (including phenoxy) is 1. The van der Waals surface area contributed by atoms with Gasteiger partial charge in [-0.15, -0.1) is 0 Å². The molecule has 0 radical (unpaired) electrons. The second kappa shape index (κ2) is 8.06. The van der Waals surface area contributed by atoms with Gasteiger partial charge < -0.3 is 9.64 Å². The highest BCUT2D eigenvalue weighted by molar-refractivity contribution is 5.58. The van der Waals surface area contributed by atoms with Crippen LogP contribution in [-0.4, -0.2) is 67.7 Å². The van der Waals surface area contributed by atoms with Gasteiger partial charge in [-0.2, -0.15) is 0 Å². The van der Waals surface area contributed by atoms with Crippen LogP contribution in [0, 0.1) is 0 Å². The van der Waals surface area contributed by atoms with Gasteiger partial charge in [0.05, 0.1) is 12.8 Å². The minimum atomic E-state index is 0.974. The molecule has 5 nitrogen and oxygen atoms in total. The van der Waals surface area contributed by atoms with Crippen molar-refractivity contribution in [3.05, 3.63) is 53.9 Å². The molecule has 0 atom stereocenters. The van der Waals surface area contributed by atoms with Crippen molar-refractivity contribution in [3.8, 4) is 5.75 Å². The molecule has 1 aromatic carbocycles. The molecule has 1 aromatic heterocycles. The van der Waals surface area contributed by atoms with E-state index in [1.807, 2.05) is 18.3 Å². The van der Waals surface area contributed by atoms with Crippen molar-refractivity contribution in [2.24, 2.45) is 0 Å². The van der Waals surface area contributed by atoms with E-state index in [0.29, 0.717) is 0 Å². The molecule has 0 aliphatic carbocycles. The molecule has 1 fully saturated rings. The predicted octanol–water partition coefficient (Wildman–Crippen LogP) is 2.27. The Bertz CT molecular complexity index is 727. The van der Waals surface area contributed by atoms with E-state index in [4.69, 9.17) is 4.74 Å². The number of piperazine rings is 1. The number of nitrogens with zero attached hydrogens (tertiary/aromatic N) is 4. The van der Waals surface area contributed by atoms with Crippen molar-refractivity contribution in [3.63, 3.8) is 0 Å². The summed E-state index contributed by atoms with van der Waals surface area (Å²) in [5, 5.41) is 0. The number of para-hydroxylation sites is 2. The number of pyridine rings is 1. The summed E-state index contributed by atoms with van der Waals surface area (Å²) in [5.74, 6) is 0.974. The van der Waals surface area contributed by atoms with Gasteiger partial charge in [0.15, 0.2) is 0 Å². The van der Waals surface area contributed by atoms with E-state index in [2.05, 4.69) is 43.9 Å². The summed E-state index contributed by atoms with van der Waals surface area (Å²) < 4.78 is 5.51. The number of fused-ring (bicyclic) bond motifs is 1. The van der Waals surface area contributed by atoms with Crippen molar-refractivity contribution in [1.82, 2.24) is 14.8 Å². The minimum Gasteiger partial charge on any atom is -0.495 e. The Labute approximate surface area is 156 Å². The second-order valence-corrected chi connectivity index (χ2v) is 7.14. The lowest BCUT2D eigenvalue weighted by Gasteiger charge is -2.38. The van der Waals surface area contributed by atoms with Gasteiger partial charge in [-0.1, -0.05) is 18.2 Å². The van der Waals surface area contributed by atoms with Gasteiger partial charge in [0.1, 0.15) is 5.75 Å². The van der Waals surface area contributed by atoms with Crippen LogP contribution in [0.5, 0.6) is 5.75 Å². The van der Waals surface area contributed by atoms with Crippen LogP contribution < -0.4 is 9.64 Å². The van der Waals surface area contributed by atoms with Crippen LogP contribution in [0.15, 0.2) is 42.6 Å². The van der Waals surface area contributed by atoms with Crippen molar-refractivity contribution >= 4 is 5.69 Å². The summed E-state index contributed by atoms with van der Waals surface area (Å²) in [6, 6.07) is 12.6. The van der Waals surface area contributed by atoms with Crippen LogP contribution in [0.25, 0.3) is 0 Å². The maximum absolute atomic E-state index is 5.51. The fraction of sp³-hybridized carbons (Fsp3) is 0.476. The molecule has 2 aliphatic rings. The summed E-state index contributed by atoms with van der Waals surface area (Å²) >= 11 is 0. The van der Waals surface area contributed by atoms with E-state index in [9.17, 15) is 0 Å². The standard InChI is InChI=1S/C21H28N4O/c1-26-21-7-3-2-6-20(21)25-15-13-23(14-16-25)11-12-24-10-8-19-18(17-24)5-4-9-22-19/h2-7,9H,8,10-17H2,1H3. The number of aromatic nitrogens is 1. The molecule has 3 heterocycles. The second-order valence-electron chi connectivity index (χ2n) is 7.14. The van der Waals surface area contributed by atoms with E-state index in [1.54, 1.807) is 7.11 Å². The number of rotatable bonds is 5. The third-order valence-electron chi connectivity index (χ3n) is 5.57. The first-order valence-electron chi connectivity index (χ1n) is 9.59. The maximum Gasteiger partial charge on any atom is 0.142 e. The summed E-state index contributed by atoms with van der Waals surface area (Å²) in [5.41, 5.74) is 3.91. The van der Waals surface area contributed by atoms with Crippen molar-refractivity contribution in [2.45, 2.75) is 13.0 Å². The maximum atomic E-state index is 5.51. The quantitative estimate of drug-likeness (QED) is 0.824. The topological polar surface area (TPSA) is 31.8 Å². The highest BCUT2D eigenvalue weighted by atomic mass is 16.5. The summed E-state index contributed by atoms with van der Waals surface area (Å²) in [6.45, 7) is 8.82. The van der Waals surface area contributed by atoms with E-state index in [0.717, 1.165) is 64.5 Å². The summed E-state index contributed by atoms with van der Waals surface area (Å²) in [7, 11) is 1.75. The SMILES string of the molecule is COc1ccccc1N1CCN(CCN2CCc3ncccc3C2)CC1. The zero-order valence-corrected chi connectivity index (χ0v) is 15.6. The molecule has 2 aromatic rings. The molecule has 1 saturated heterocycles. The molecule has 0 bridgehead atoms. The average Bonchev–Trinajstić information content (AvgIpc) is 2.72. The van der Waals surface area contributed by atoms with Crippen LogP contribution in [0.3, 0.4) is 0 Å². The molecule has 0 spiro atoms. The van der Waals surface area contributed by atoms with Gasteiger partial charge in [-0.05, 0) is 23.8 Å². The third kappa shape index (κ3) is 3.84. The fourth-order valence-electron chi connectivity index (χ4n) is 4.00. The average molecular weight is 352 g/mol. The fourth-order valence-corrected chi connectivity index (χ4v) is 4.00. The lowest BCUT2D eigenvalue weighted by Crippen LogP contribution is -2.49. The summed E-state index contributed by atoms with van der Waals surface area (Å²) in [4.78, 5) is 12.1. The van der Waals surface area contributed by atoms with Gasteiger partial charge in [0.2, 0.25) is 0 Å². The molecule has 138 valence electrons. The lowest BCUT2D eigenvalue weighted by molar-refractivity contribution is 0.186. The van der Waals surface area contributed by atoms with Crippen LogP contribution in [0.2, 0.25) is 0 Å². The number of benzene rings is 1. The third-order valence-corrected chi connectivity index (χ3v) is 5.57. The zero-order chi connectivity index (χ0) is 17.8. The minimum absolute atomic E-state index is 0.974. The molecule has 2 aliphatic heterocycles. The lowest BCUT2D eigenvalue weighted by atomic mass is 10.1. The van der Waals surface area contributed by atoms with Crippen LogP contribution in [-0.2, 0) is 13.0 Å². The van der Waals surface area contributed by atoms with Gasteiger partial charge in [-0.25, -0.2) is 0 Å². The number of hydrogen-bond donors (Lipinski definition) is 0. The molecule has 0 amide bonds. The first-order chi connectivity index (χ1) is 12.8. The van der Waals surface area contributed by atoms with Gasteiger partial charge in [0.25, 0.3) is 0 Å². The predicted molar refractivity (Wildman–Crippen MR) is 105 cm³/mol. The van der Waals surface area contributed by atoms with Crippen molar-refractivity contribution in [1.29, 1.82) is 0 Å². The van der Waals surface area contributed by atoms with Crippen molar-refractivity contribution < 1.29 is 4.74 Å². The molecule has 0 N–H and O–H groups in total. The molecule has 0 unspecified atom stereocenters. The zero-order valence-electron chi connectivity index (χ0n) is 15.6. The Morgan fingerprint density at radius 1 is 0.923 bits per heavy atom. The van der Waals surface area contributed by atoms with E-state index < -0.39 is 0 Å². The first-order valence-corrected chi connectivity index (χ1v) is 9.59. The number of methoxy groups -OCH3 is 1. The van der Waals surface area contributed by atoms with Gasteiger partial charge in [-0.3, -0.25) is 14.8 Å². The highest BCUT2D eigenvalue weighted by Gasteiger charge is 2.21. The van der Waals surface area contributed by atoms with Gasteiger partial charge >= 0.3 is 0 Å².